The number of hydrogen-bond acceptors (Lipinski definition) is 3. The van der Waals surface area contributed by atoms with Gasteiger partial charge in [0.05, 0.1) is 5.69 Å². The molecule has 0 aromatic carbocycles. The third kappa shape index (κ3) is 1.38. The Balaban J connectivity index is 3.28. The van der Waals surface area contributed by atoms with Gasteiger partial charge in [-0.05, 0) is 22.9 Å². The van der Waals surface area contributed by atoms with Crippen LogP contribution in [0.2, 0.25) is 5.15 Å². The maximum Gasteiger partial charge on any atom is 0.171 e. The second kappa shape index (κ2) is 2.72. The van der Waals surface area contributed by atoms with Gasteiger partial charge in [0.1, 0.15) is 4.60 Å². The Bertz CT molecular complexity index is 213. The van der Waals surface area contributed by atoms with Gasteiger partial charge in [-0.15, -0.1) is 0 Å². The summed E-state index contributed by atoms with van der Waals surface area (Å²) in [6.45, 7) is 1.79. The van der Waals surface area contributed by atoms with Crippen molar-refractivity contribution in [3.05, 3.63) is 15.5 Å². The van der Waals surface area contributed by atoms with Crippen LogP contribution in [0.5, 0.6) is 0 Å². The van der Waals surface area contributed by atoms with E-state index in [1.165, 1.54) is 0 Å². The van der Waals surface area contributed by atoms with Crippen LogP contribution in [0.4, 0.5) is 5.82 Å². The fraction of sp³-hybridized carbons (Fsp3) is 0.200. The zero-order valence-electron chi connectivity index (χ0n) is 5.23. The summed E-state index contributed by atoms with van der Waals surface area (Å²) in [5, 5.41) is 0.251. The summed E-state index contributed by atoms with van der Waals surface area (Å²) in [6, 6.07) is 0. The molecule has 10 heavy (non-hydrogen) atoms. The van der Waals surface area contributed by atoms with E-state index >= 15 is 0 Å². The molecule has 0 bridgehead atoms. The van der Waals surface area contributed by atoms with Crippen molar-refractivity contribution in [1.29, 1.82) is 0 Å². The zero-order valence-corrected chi connectivity index (χ0v) is 7.57. The van der Waals surface area contributed by atoms with Gasteiger partial charge in [0.15, 0.2) is 11.0 Å². The van der Waals surface area contributed by atoms with E-state index in [4.69, 9.17) is 17.3 Å². The highest BCUT2D eigenvalue weighted by molar-refractivity contribution is 9.10. The predicted molar refractivity (Wildman–Crippen MR) is 43.9 cm³/mol. The molecule has 0 spiro atoms. The number of hydrogen-bond donors (Lipinski definition) is 1. The topological polar surface area (TPSA) is 51.8 Å². The van der Waals surface area contributed by atoms with E-state index in [0.29, 0.717) is 4.60 Å². The normalized spacial score (nSPS) is 9.90. The minimum Gasteiger partial charge on any atom is -0.381 e. The standard InChI is InChI=1S/C5H5BrClN3/c1-2-3(6)10-5(8)4(7)9-2/h1H3,(H2,8,10). The number of nitrogens with two attached hydrogens (primary N) is 1. The highest BCUT2D eigenvalue weighted by Gasteiger charge is 2.02. The fourth-order valence-electron chi connectivity index (χ4n) is 0.483. The molecule has 0 aliphatic rings. The van der Waals surface area contributed by atoms with Crippen molar-refractivity contribution in [2.75, 3.05) is 5.73 Å². The Hall–Kier alpha value is -0.350. The molecule has 0 aliphatic heterocycles. The Labute approximate surface area is 71.7 Å². The van der Waals surface area contributed by atoms with Gasteiger partial charge >= 0.3 is 0 Å². The van der Waals surface area contributed by atoms with E-state index in [1.807, 2.05) is 0 Å². The van der Waals surface area contributed by atoms with E-state index in [1.54, 1.807) is 6.92 Å². The lowest BCUT2D eigenvalue weighted by Gasteiger charge is -1.98. The van der Waals surface area contributed by atoms with Crippen LogP contribution in [0.25, 0.3) is 0 Å². The minimum atomic E-state index is 0.249. The Morgan fingerprint density at radius 3 is 2.60 bits per heavy atom. The summed E-state index contributed by atoms with van der Waals surface area (Å²) >= 11 is 8.73. The minimum absolute atomic E-state index is 0.249. The highest BCUT2D eigenvalue weighted by atomic mass is 79.9. The number of nitrogens with zero attached hydrogens (tertiary/aromatic N) is 2. The molecule has 0 aliphatic carbocycles. The first-order valence-electron chi connectivity index (χ1n) is 2.56. The Morgan fingerprint density at radius 1 is 1.50 bits per heavy atom. The molecule has 0 amide bonds. The highest BCUT2D eigenvalue weighted by Crippen LogP contribution is 2.18. The number of anilines is 1. The summed E-state index contributed by atoms with van der Waals surface area (Å²) in [7, 11) is 0. The van der Waals surface area contributed by atoms with Gasteiger partial charge < -0.3 is 5.73 Å². The molecule has 0 atom stereocenters. The first-order chi connectivity index (χ1) is 4.61. The Kier molecular flexibility index (Phi) is 2.11. The average molecular weight is 222 g/mol. The van der Waals surface area contributed by atoms with E-state index < -0.39 is 0 Å². The third-order valence-electron chi connectivity index (χ3n) is 0.994. The largest absolute Gasteiger partial charge is 0.381 e. The number of nitrogen functional groups attached to an aromatic ring is 1. The molecule has 0 unspecified atom stereocenters. The molecule has 1 heterocycles. The smallest absolute Gasteiger partial charge is 0.171 e. The zero-order chi connectivity index (χ0) is 7.72. The lowest BCUT2D eigenvalue weighted by molar-refractivity contribution is 1.09. The quantitative estimate of drug-likeness (QED) is 0.728. The van der Waals surface area contributed by atoms with Crippen LogP contribution < -0.4 is 5.73 Å². The van der Waals surface area contributed by atoms with Crippen molar-refractivity contribution in [3.63, 3.8) is 0 Å². The molecule has 5 heteroatoms. The molecule has 0 radical (unpaired) electrons. The van der Waals surface area contributed by atoms with Crippen molar-refractivity contribution < 1.29 is 0 Å². The fourth-order valence-corrected chi connectivity index (χ4v) is 0.932. The second-order valence-electron chi connectivity index (χ2n) is 1.78. The molecule has 2 N–H and O–H groups in total. The van der Waals surface area contributed by atoms with Gasteiger partial charge in [-0.25, -0.2) is 9.97 Å². The summed E-state index contributed by atoms with van der Waals surface area (Å²) in [5.41, 5.74) is 6.09. The summed E-state index contributed by atoms with van der Waals surface area (Å²) in [4.78, 5) is 7.78. The lowest BCUT2D eigenvalue weighted by Crippen LogP contribution is -1.96. The van der Waals surface area contributed by atoms with E-state index in [2.05, 4.69) is 25.9 Å². The molecular weight excluding hydrogens is 217 g/mol. The molecule has 1 aromatic heterocycles. The molecule has 0 saturated carbocycles. The first-order valence-corrected chi connectivity index (χ1v) is 3.73. The van der Waals surface area contributed by atoms with Crippen molar-refractivity contribution in [3.8, 4) is 0 Å². The van der Waals surface area contributed by atoms with E-state index in [0.717, 1.165) is 5.69 Å². The van der Waals surface area contributed by atoms with Crippen LogP contribution in [0.1, 0.15) is 5.69 Å². The second-order valence-corrected chi connectivity index (χ2v) is 2.89. The molecule has 1 aromatic rings. The number of halogens is 2. The number of rotatable bonds is 0. The van der Waals surface area contributed by atoms with Crippen LogP contribution in [0, 0.1) is 6.92 Å². The SMILES string of the molecule is Cc1nc(Cl)c(N)nc1Br. The summed E-state index contributed by atoms with van der Waals surface area (Å²) in [6.07, 6.45) is 0. The van der Waals surface area contributed by atoms with Crippen LogP contribution in [0.15, 0.2) is 4.60 Å². The van der Waals surface area contributed by atoms with Crippen LogP contribution in [-0.2, 0) is 0 Å². The molecule has 0 fully saturated rings. The van der Waals surface area contributed by atoms with Crippen molar-refractivity contribution in [2.24, 2.45) is 0 Å². The van der Waals surface area contributed by atoms with Gasteiger partial charge in [-0.3, -0.25) is 0 Å². The Morgan fingerprint density at radius 2 is 2.10 bits per heavy atom. The van der Waals surface area contributed by atoms with E-state index in [9.17, 15) is 0 Å². The van der Waals surface area contributed by atoms with Gasteiger partial charge in [0, 0.05) is 0 Å². The van der Waals surface area contributed by atoms with E-state index in [-0.39, 0.29) is 11.0 Å². The maximum absolute atomic E-state index is 5.57. The van der Waals surface area contributed by atoms with Gasteiger partial charge in [-0.1, -0.05) is 11.6 Å². The maximum atomic E-state index is 5.57. The van der Waals surface area contributed by atoms with Crippen LogP contribution in [0.3, 0.4) is 0 Å². The monoisotopic (exact) mass is 221 g/mol. The molecule has 1 rings (SSSR count). The number of aryl methyl sites for hydroxylation is 1. The third-order valence-corrected chi connectivity index (χ3v) is 2.02. The van der Waals surface area contributed by atoms with Crippen molar-refractivity contribution in [1.82, 2.24) is 9.97 Å². The summed E-state index contributed by atoms with van der Waals surface area (Å²) < 4.78 is 0.634. The average Bonchev–Trinajstić information content (AvgIpc) is 1.84. The summed E-state index contributed by atoms with van der Waals surface area (Å²) in [5.74, 6) is 0.249. The van der Waals surface area contributed by atoms with Gasteiger partial charge in [0.25, 0.3) is 0 Å². The molecule has 0 saturated heterocycles. The molecule has 3 nitrogen and oxygen atoms in total. The predicted octanol–water partition coefficient (Wildman–Crippen LogP) is 1.78. The van der Waals surface area contributed by atoms with Crippen molar-refractivity contribution in [2.45, 2.75) is 6.92 Å². The number of aromatic nitrogens is 2. The molecule has 54 valence electrons. The first kappa shape index (κ1) is 7.75. The van der Waals surface area contributed by atoms with Gasteiger partial charge in [0.2, 0.25) is 0 Å². The van der Waals surface area contributed by atoms with Crippen LogP contribution >= 0.6 is 27.5 Å². The van der Waals surface area contributed by atoms with Gasteiger partial charge in [-0.2, -0.15) is 0 Å². The molecular formula is C5H5BrClN3. The lowest BCUT2D eigenvalue weighted by atomic mass is 10.5. The van der Waals surface area contributed by atoms with Crippen LogP contribution in [-0.4, -0.2) is 9.97 Å². The van der Waals surface area contributed by atoms with Crippen molar-refractivity contribution >= 4 is 33.3 Å².